The summed E-state index contributed by atoms with van der Waals surface area (Å²) in [4.78, 5) is 36.1. The van der Waals surface area contributed by atoms with E-state index >= 15 is 0 Å². The molecule has 0 aliphatic rings. The van der Waals surface area contributed by atoms with E-state index in [4.69, 9.17) is 0 Å². The van der Waals surface area contributed by atoms with E-state index in [1.165, 1.54) is 23.6 Å². The van der Waals surface area contributed by atoms with E-state index in [1.807, 2.05) is 0 Å². The van der Waals surface area contributed by atoms with E-state index in [2.05, 4.69) is 15.0 Å². The summed E-state index contributed by atoms with van der Waals surface area (Å²) in [5.41, 5.74) is 0. The largest absolute Gasteiger partial charge is 0.315 e. The molecule has 0 saturated heterocycles. The second kappa shape index (κ2) is 6.17. The van der Waals surface area contributed by atoms with Gasteiger partial charge in [0.25, 0.3) is 0 Å². The average molecular weight is 269 g/mol. The fourth-order valence-electron chi connectivity index (χ4n) is 1.58. The lowest BCUT2D eigenvalue weighted by Crippen LogP contribution is -2.33. The predicted molar refractivity (Wildman–Crippen MR) is 67.2 cm³/mol. The van der Waals surface area contributed by atoms with Crippen LogP contribution in [-0.4, -0.2) is 39.9 Å². The summed E-state index contributed by atoms with van der Waals surface area (Å²) in [6, 6.07) is 0. The summed E-state index contributed by atoms with van der Waals surface area (Å²) < 4.78 is 13.4. The Kier molecular flexibility index (Phi) is 4.85. The zero-order valence-electron chi connectivity index (χ0n) is 11.3. The second-order valence-electron chi connectivity index (χ2n) is 3.73. The van der Waals surface area contributed by atoms with Crippen molar-refractivity contribution < 1.29 is 14.0 Å². The first-order valence-corrected chi connectivity index (χ1v) is 5.88. The molecule has 0 N–H and O–H groups in total. The van der Waals surface area contributed by atoms with Crippen molar-refractivity contribution in [3.63, 3.8) is 0 Å². The van der Waals surface area contributed by atoms with Gasteiger partial charge in [-0.3, -0.25) is 19.4 Å². The quantitative estimate of drug-likeness (QED) is 0.806. The topological polar surface area (TPSA) is 79.3 Å². The van der Waals surface area contributed by atoms with Gasteiger partial charge in [-0.05, 0) is 13.8 Å². The smallest absolute Gasteiger partial charge is 0.281 e. The first-order valence-electron chi connectivity index (χ1n) is 5.88. The number of halogens is 1. The van der Waals surface area contributed by atoms with E-state index in [1.54, 1.807) is 13.8 Å². The molecule has 1 aromatic heterocycles. The van der Waals surface area contributed by atoms with Crippen molar-refractivity contribution in [2.24, 2.45) is 0 Å². The highest BCUT2D eigenvalue weighted by atomic mass is 19.1. The van der Waals surface area contributed by atoms with Crippen LogP contribution in [0, 0.1) is 6.08 Å². The normalized spacial score (nSPS) is 10.2. The molecule has 0 aromatic carbocycles. The number of hydrogen-bond acceptors (Lipinski definition) is 5. The summed E-state index contributed by atoms with van der Waals surface area (Å²) in [6.07, 6.45) is -1.03. The first kappa shape index (κ1) is 14.9. The molecule has 104 valence electrons. The number of anilines is 2. The van der Waals surface area contributed by atoms with Crippen LogP contribution in [0.3, 0.4) is 0 Å². The number of rotatable bonds is 4. The Hall–Kier alpha value is -2.12. The fourth-order valence-corrected chi connectivity index (χ4v) is 1.58. The van der Waals surface area contributed by atoms with Crippen LogP contribution in [-0.2, 0) is 9.59 Å². The minimum Gasteiger partial charge on any atom is -0.281 e. The lowest BCUT2D eigenvalue weighted by Gasteiger charge is -2.20. The lowest BCUT2D eigenvalue weighted by molar-refractivity contribution is -0.117. The van der Waals surface area contributed by atoms with Crippen LogP contribution in [0.25, 0.3) is 0 Å². The number of nitrogens with zero attached hydrogens (tertiary/aromatic N) is 5. The van der Waals surface area contributed by atoms with Crippen LogP contribution in [0.1, 0.15) is 27.7 Å². The van der Waals surface area contributed by atoms with Gasteiger partial charge in [-0.2, -0.15) is 19.3 Å². The molecule has 2 amide bonds. The third kappa shape index (κ3) is 3.43. The van der Waals surface area contributed by atoms with E-state index in [9.17, 15) is 14.0 Å². The van der Waals surface area contributed by atoms with Gasteiger partial charge in [0.1, 0.15) is 0 Å². The molecule has 0 atom stereocenters. The average Bonchev–Trinajstić information content (AvgIpc) is 2.28. The number of carbonyl (C=O) groups excluding carboxylic acids is 2. The highest BCUT2D eigenvalue weighted by Crippen LogP contribution is 2.14. The Labute approximate surface area is 110 Å². The van der Waals surface area contributed by atoms with E-state index in [0.717, 1.165) is 0 Å². The Morgan fingerprint density at radius 1 is 0.947 bits per heavy atom. The summed E-state index contributed by atoms with van der Waals surface area (Å²) in [5, 5.41) is 0. The summed E-state index contributed by atoms with van der Waals surface area (Å²) in [7, 11) is 0. The third-order valence-electron chi connectivity index (χ3n) is 2.46. The molecule has 0 spiro atoms. The minimum absolute atomic E-state index is 0.0998. The van der Waals surface area contributed by atoms with Crippen molar-refractivity contribution in [2.45, 2.75) is 27.7 Å². The maximum Gasteiger partial charge on any atom is 0.315 e. The predicted octanol–water partition coefficient (Wildman–Crippen LogP) is 0.756. The molecule has 7 nitrogen and oxygen atoms in total. The maximum absolute atomic E-state index is 13.4. The number of amides is 2. The zero-order chi connectivity index (χ0) is 14.6. The van der Waals surface area contributed by atoms with Gasteiger partial charge in [-0.1, -0.05) is 0 Å². The molecule has 0 saturated carbocycles. The van der Waals surface area contributed by atoms with Crippen LogP contribution < -0.4 is 9.80 Å². The number of carbonyl (C=O) groups is 2. The van der Waals surface area contributed by atoms with Crippen molar-refractivity contribution in [1.82, 2.24) is 15.0 Å². The van der Waals surface area contributed by atoms with Gasteiger partial charge in [0.2, 0.25) is 23.7 Å². The summed E-state index contributed by atoms with van der Waals surface area (Å²) in [6.45, 7) is 6.67. The van der Waals surface area contributed by atoms with Gasteiger partial charge in [0.15, 0.2) is 0 Å². The molecule has 1 heterocycles. The first-order chi connectivity index (χ1) is 8.90. The van der Waals surface area contributed by atoms with E-state index in [-0.39, 0.29) is 23.7 Å². The molecule has 0 aliphatic heterocycles. The van der Waals surface area contributed by atoms with Gasteiger partial charge < -0.3 is 0 Å². The van der Waals surface area contributed by atoms with E-state index < -0.39 is 6.08 Å². The van der Waals surface area contributed by atoms with E-state index in [0.29, 0.717) is 13.1 Å². The van der Waals surface area contributed by atoms with Crippen molar-refractivity contribution >= 4 is 23.7 Å². The van der Waals surface area contributed by atoms with Crippen LogP contribution >= 0.6 is 0 Å². The fraction of sp³-hybridized carbons (Fsp3) is 0.545. The van der Waals surface area contributed by atoms with Crippen molar-refractivity contribution in [3.05, 3.63) is 6.08 Å². The third-order valence-corrected chi connectivity index (χ3v) is 2.46. The molecule has 8 heteroatoms. The van der Waals surface area contributed by atoms with Gasteiger partial charge in [0, 0.05) is 26.9 Å². The van der Waals surface area contributed by atoms with Gasteiger partial charge in [-0.15, -0.1) is 0 Å². The Morgan fingerprint density at radius 3 is 1.58 bits per heavy atom. The number of hydrogen-bond donors (Lipinski definition) is 0. The van der Waals surface area contributed by atoms with Crippen molar-refractivity contribution in [1.29, 1.82) is 0 Å². The highest BCUT2D eigenvalue weighted by molar-refractivity contribution is 5.91. The Bertz CT molecular complexity index is 454. The van der Waals surface area contributed by atoms with Crippen molar-refractivity contribution in [2.75, 3.05) is 22.9 Å². The van der Waals surface area contributed by atoms with Gasteiger partial charge in [0.05, 0.1) is 0 Å². The molecule has 0 aliphatic carbocycles. The molecular formula is C11H16FN5O2. The van der Waals surface area contributed by atoms with Crippen LogP contribution in [0.4, 0.5) is 16.3 Å². The van der Waals surface area contributed by atoms with Crippen molar-refractivity contribution in [3.8, 4) is 0 Å². The Morgan fingerprint density at radius 2 is 1.32 bits per heavy atom. The van der Waals surface area contributed by atoms with Crippen LogP contribution in [0.15, 0.2) is 0 Å². The van der Waals surface area contributed by atoms with Gasteiger partial charge in [-0.25, -0.2) is 0 Å². The zero-order valence-corrected chi connectivity index (χ0v) is 11.3. The SMILES string of the molecule is CCN(C(C)=O)c1nc(F)nc(N(CC)C(C)=O)n1. The standard InChI is InChI=1S/C11H16FN5O2/c1-5-16(7(3)18)10-13-9(12)14-11(15-10)17(6-2)8(4)19/h5-6H2,1-4H3. The molecule has 19 heavy (non-hydrogen) atoms. The molecule has 0 unspecified atom stereocenters. The highest BCUT2D eigenvalue weighted by Gasteiger charge is 2.19. The monoisotopic (exact) mass is 269 g/mol. The van der Waals surface area contributed by atoms with Crippen LogP contribution in [0.5, 0.6) is 0 Å². The molecular weight excluding hydrogens is 253 g/mol. The van der Waals surface area contributed by atoms with Crippen LogP contribution in [0.2, 0.25) is 0 Å². The summed E-state index contributed by atoms with van der Waals surface area (Å²) in [5.74, 6) is -0.829. The second-order valence-corrected chi connectivity index (χ2v) is 3.73. The minimum atomic E-state index is -1.03. The summed E-state index contributed by atoms with van der Waals surface area (Å²) >= 11 is 0. The molecule has 0 fully saturated rings. The lowest BCUT2D eigenvalue weighted by atomic mass is 10.5. The van der Waals surface area contributed by atoms with Gasteiger partial charge >= 0.3 is 6.08 Å². The Balaban J connectivity index is 3.26. The molecule has 1 rings (SSSR count). The maximum atomic E-state index is 13.4. The molecule has 0 radical (unpaired) electrons. The molecule has 1 aromatic rings. The number of aromatic nitrogens is 3. The molecule has 0 bridgehead atoms.